The molecule has 9 heteroatoms. The van der Waals surface area contributed by atoms with E-state index in [4.69, 9.17) is 11.6 Å². The molecule has 6 nitrogen and oxygen atoms in total. The molecule has 1 atom stereocenters. The molecule has 29 heavy (non-hydrogen) atoms. The van der Waals surface area contributed by atoms with Crippen LogP contribution in [0.25, 0.3) is 0 Å². The number of piperidine rings is 1. The number of benzene rings is 2. The predicted octanol–water partition coefficient (Wildman–Crippen LogP) is 3.94. The first-order chi connectivity index (χ1) is 13.7. The third-order valence-corrected chi connectivity index (χ3v) is 6.92. The highest BCUT2D eigenvalue weighted by Crippen LogP contribution is 2.28. The van der Waals surface area contributed by atoms with E-state index in [2.05, 4.69) is 21.2 Å². The third kappa shape index (κ3) is 5.25. The summed E-state index contributed by atoms with van der Waals surface area (Å²) in [5.74, 6) is -1.10. The van der Waals surface area contributed by atoms with Gasteiger partial charge in [0.15, 0.2) is 5.78 Å². The van der Waals surface area contributed by atoms with Crippen LogP contribution in [0.3, 0.4) is 0 Å². The molecule has 0 bridgehead atoms. The van der Waals surface area contributed by atoms with Crippen LogP contribution >= 0.6 is 27.5 Å². The molecule has 0 spiro atoms. The second-order valence-electron chi connectivity index (χ2n) is 6.95. The molecule has 154 valence electrons. The van der Waals surface area contributed by atoms with Crippen molar-refractivity contribution in [3.05, 3.63) is 63.1 Å². The monoisotopic (exact) mass is 498 g/mol. The molecule has 0 saturated carbocycles. The molecule has 0 radical (unpaired) electrons. The first-order valence-electron chi connectivity index (χ1n) is 9.01. The predicted molar refractivity (Wildman–Crippen MR) is 117 cm³/mol. The van der Waals surface area contributed by atoms with E-state index < -0.39 is 15.9 Å². The lowest BCUT2D eigenvalue weighted by atomic mass is 9.97. The van der Waals surface area contributed by atoms with E-state index in [0.717, 1.165) is 6.26 Å². The Kier molecular flexibility index (Phi) is 6.78. The van der Waals surface area contributed by atoms with Gasteiger partial charge in [-0.1, -0.05) is 39.7 Å². The fourth-order valence-electron chi connectivity index (χ4n) is 3.30. The van der Waals surface area contributed by atoms with E-state index in [0.29, 0.717) is 45.7 Å². The van der Waals surface area contributed by atoms with Crippen LogP contribution in [0.5, 0.6) is 0 Å². The lowest BCUT2D eigenvalue weighted by molar-refractivity contribution is -0.120. The number of carbonyl (C=O) groups excluding carboxylic acids is 2. The van der Waals surface area contributed by atoms with Crippen molar-refractivity contribution in [3.8, 4) is 0 Å². The third-order valence-electron chi connectivity index (χ3n) is 4.83. The van der Waals surface area contributed by atoms with Gasteiger partial charge in [-0.3, -0.25) is 9.59 Å². The maximum absolute atomic E-state index is 13.0. The second-order valence-corrected chi connectivity index (χ2v) is 10.3. The molecule has 2 aromatic rings. The normalized spacial score (nSPS) is 17.7. The average Bonchev–Trinajstić information content (AvgIpc) is 2.68. The zero-order chi connectivity index (χ0) is 21.2. The minimum atomic E-state index is -3.35. The maximum Gasteiger partial charge on any atom is 0.228 e. The highest BCUT2D eigenvalue weighted by atomic mass is 79.9. The van der Waals surface area contributed by atoms with Gasteiger partial charge in [0.2, 0.25) is 15.9 Å². The van der Waals surface area contributed by atoms with E-state index in [9.17, 15) is 18.0 Å². The first kappa shape index (κ1) is 22.0. The van der Waals surface area contributed by atoms with Gasteiger partial charge in [0.25, 0.3) is 0 Å². The average molecular weight is 500 g/mol. The number of hydrogen-bond acceptors (Lipinski definition) is 4. The molecule has 3 rings (SSSR count). The number of amides is 1. The molecule has 1 unspecified atom stereocenters. The zero-order valence-electron chi connectivity index (χ0n) is 15.7. The van der Waals surface area contributed by atoms with Gasteiger partial charge in [-0.15, -0.1) is 0 Å². The van der Waals surface area contributed by atoms with Crippen LogP contribution in [0.1, 0.15) is 28.8 Å². The smallest absolute Gasteiger partial charge is 0.228 e. The molecular formula is C20H20BrClN2O4S. The highest BCUT2D eigenvalue weighted by molar-refractivity contribution is 9.10. The first-order valence-corrected chi connectivity index (χ1v) is 12.0. The summed E-state index contributed by atoms with van der Waals surface area (Å²) >= 11 is 9.52. The molecule has 1 N–H and O–H groups in total. The molecule has 0 aliphatic carbocycles. The molecule has 1 heterocycles. The molecule has 1 fully saturated rings. The van der Waals surface area contributed by atoms with E-state index in [1.54, 1.807) is 42.5 Å². The molecular weight excluding hydrogens is 480 g/mol. The Balaban J connectivity index is 1.85. The SMILES string of the molecule is CS(=O)(=O)N1CCCC(C(=O)Nc2ccc(Br)cc2C(=O)c2ccccc2Cl)C1. The van der Waals surface area contributed by atoms with Crippen LogP contribution in [0.2, 0.25) is 5.02 Å². The summed E-state index contributed by atoms with van der Waals surface area (Å²) < 4.78 is 25.6. The lowest BCUT2D eigenvalue weighted by Gasteiger charge is -2.30. The number of carbonyl (C=O) groups is 2. The molecule has 1 aliphatic rings. The van der Waals surface area contributed by atoms with Crippen molar-refractivity contribution in [1.29, 1.82) is 0 Å². The van der Waals surface area contributed by atoms with Gasteiger partial charge < -0.3 is 5.32 Å². The van der Waals surface area contributed by atoms with E-state index >= 15 is 0 Å². The fraction of sp³-hybridized carbons (Fsp3) is 0.300. The quantitative estimate of drug-likeness (QED) is 0.632. The Labute approximate surface area is 183 Å². The zero-order valence-corrected chi connectivity index (χ0v) is 18.9. The van der Waals surface area contributed by atoms with Gasteiger partial charge in [0.05, 0.1) is 22.9 Å². The van der Waals surface area contributed by atoms with Crippen LogP contribution in [-0.4, -0.2) is 43.8 Å². The van der Waals surface area contributed by atoms with Gasteiger partial charge in [-0.05, 0) is 43.2 Å². The summed E-state index contributed by atoms with van der Waals surface area (Å²) in [7, 11) is -3.35. The number of halogens is 2. The standard InChI is InChI=1S/C20H20BrClN2O4S/c1-29(27,28)24-10-4-5-13(12-24)20(26)23-18-9-8-14(21)11-16(18)19(25)15-6-2-3-7-17(15)22/h2-3,6-9,11,13H,4-5,10,12H2,1H3,(H,23,26). The summed E-state index contributed by atoms with van der Waals surface area (Å²) in [5.41, 5.74) is 1.000. The summed E-state index contributed by atoms with van der Waals surface area (Å²) in [6.07, 6.45) is 2.33. The molecule has 1 saturated heterocycles. The van der Waals surface area contributed by atoms with Crippen molar-refractivity contribution in [2.75, 3.05) is 24.7 Å². The van der Waals surface area contributed by atoms with Crippen LogP contribution < -0.4 is 5.32 Å². The van der Waals surface area contributed by atoms with Crippen LogP contribution in [-0.2, 0) is 14.8 Å². The van der Waals surface area contributed by atoms with Crippen molar-refractivity contribution >= 4 is 54.9 Å². The summed E-state index contributed by atoms with van der Waals surface area (Å²) in [6.45, 7) is 0.548. The molecule has 1 amide bonds. The van der Waals surface area contributed by atoms with Crippen molar-refractivity contribution in [3.63, 3.8) is 0 Å². The van der Waals surface area contributed by atoms with Gasteiger partial charge in [-0.2, -0.15) is 0 Å². The minimum Gasteiger partial charge on any atom is -0.325 e. The second kappa shape index (κ2) is 8.95. The molecule has 2 aromatic carbocycles. The summed E-state index contributed by atoms with van der Waals surface area (Å²) in [6, 6.07) is 11.7. The van der Waals surface area contributed by atoms with Gasteiger partial charge in [0, 0.05) is 28.7 Å². The topological polar surface area (TPSA) is 83.6 Å². The van der Waals surface area contributed by atoms with Gasteiger partial charge in [0.1, 0.15) is 0 Å². The summed E-state index contributed by atoms with van der Waals surface area (Å²) in [4.78, 5) is 25.9. The number of anilines is 1. The number of nitrogens with zero attached hydrogens (tertiary/aromatic N) is 1. The Morgan fingerprint density at radius 2 is 1.90 bits per heavy atom. The number of sulfonamides is 1. The van der Waals surface area contributed by atoms with E-state index in [-0.39, 0.29) is 18.2 Å². The van der Waals surface area contributed by atoms with Crippen LogP contribution in [0.4, 0.5) is 5.69 Å². The number of rotatable bonds is 5. The van der Waals surface area contributed by atoms with Crippen molar-refractivity contribution in [2.24, 2.45) is 5.92 Å². The number of ketones is 1. The Hall–Kier alpha value is -1.74. The minimum absolute atomic E-state index is 0.134. The summed E-state index contributed by atoms with van der Waals surface area (Å²) in [5, 5.41) is 3.13. The largest absolute Gasteiger partial charge is 0.325 e. The number of hydrogen-bond donors (Lipinski definition) is 1. The Bertz CT molecular complexity index is 1060. The number of nitrogens with one attached hydrogen (secondary N) is 1. The fourth-order valence-corrected chi connectivity index (χ4v) is 4.79. The van der Waals surface area contributed by atoms with Gasteiger partial charge >= 0.3 is 0 Å². The van der Waals surface area contributed by atoms with Crippen molar-refractivity contribution < 1.29 is 18.0 Å². The lowest BCUT2D eigenvalue weighted by Crippen LogP contribution is -2.43. The van der Waals surface area contributed by atoms with E-state index in [1.165, 1.54) is 4.31 Å². The van der Waals surface area contributed by atoms with Crippen molar-refractivity contribution in [1.82, 2.24) is 4.31 Å². The maximum atomic E-state index is 13.0. The van der Waals surface area contributed by atoms with Crippen LogP contribution in [0, 0.1) is 5.92 Å². The Morgan fingerprint density at radius 3 is 2.59 bits per heavy atom. The Morgan fingerprint density at radius 1 is 1.17 bits per heavy atom. The highest BCUT2D eigenvalue weighted by Gasteiger charge is 2.30. The van der Waals surface area contributed by atoms with Gasteiger partial charge in [-0.25, -0.2) is 12.7 Å². The van der Waals surface area contributed by atoms with Crippen LogP contribution in [0.15, 0.2) is 46.9 Å². The van der Waals surface area contributed by atoms with E-state index in [1.807, 2.05) is 0 Å². The molecule has 0 aromatic heterocycles. The van der Waals surface area contributed by atoms with Crippen molar-refractivity contribution in [2.45, 2.75) is 12.8 Å². The molecule has 1 aliphatic heterocycles.